The molecule has 0 atom stereocenters. The average Bonchev–Trinajstić information content (AvgIpc) is 3.13. The zero-order valence-electron chi connectivity index (χ0n) is 16.9. The lowest BCUT2D eigenvalue weighted by Crippen LogP contribution is -2.32. The Kier molecular flexibility index (Phi) is 4.43. The Morgan fingerprint density at radius 1 is 1.10 bits per heavy atom. The fourth-order valence-electron chi connectivity index (χ4n) is 4.41. The van der Waals surface area contributed by atoms with E-state index in [1.165, 1.54) is 5.56 Å². The molecule has 0 bridgehead atoms. The van der Waals surface area contributed by atoms with Crippen molar-refractivity contribution in [3.05, 3.63) is 64.7 Å². The number of hydrogen-bond donors (Lipinski definition) is 0. The van der Waals surface area contributed by atoms with E-state index < -0.39 is 0 Å². The van der Waals surface area contributed by atoms with E-state index in [0.717, 1.165) is 48.9 Å². The van der Waals surface area contributed by atoms with E-state index >= 15 is 0 Å². The standard InChI is InChI=1S/C23H25N5O/c1-3-27-10-8-16(9-11-27)18-5-7-22-25-20(13-23(29)28(22)15-18)17-4-6-21-19(12-17)14-24-26(21)2/h4-7,12-16H,3,8-11H2,1-2H3. The second-order valence-corrected chi connectivity index (χ2v) is 7.92. The minimum absolute atomic E-state index is 0.0378. The van der Waals surface area contributed by atoms with Gasteiger partial charge in [-0.25, -0.2) is 4.98 Å². The monoisotopic (exact) mass is 387 g/mol. The molecule has 0 N–H and O–H groups in total. The lowest BCUT2D eigenvalue weighted by atomic mass is 9.90. The molecule has 3 aromatic heterocycles. The smallest absolute Gasteiger partial charge is 0.258 e. The van der Waals surface area contributed by atoms with Crippen LogP contribution >= 0.6 is 0 Å². The summed E-state index contributed by atoms with van der Waals surface area (Å²) in [5.74, 6) is 0.516. The van der Waals surface area contributed by atoms with Crippen molar-refractivity contribution in [3.63, 3.8) is 0 Å². The maximum absolute atomic E-state index is 12.9. The summed E-state index contributed by atoms with van der Waals surface area (Å²) in [5.41, 5.74) is 4.58. The van der Waals surface area contributed by atoms with E-state index in [4.69, 9.17) is 4.98 Å². The summed E-state index contributed by atoms with van der Waals surface area (Å²) >= 11 is 0. The van der Waals surface area contributed by atoms with Crippen LogP contribution in [0.15, 0.2) is 53.6 Å². The number of benzene rings is 1. The van der Waals surface area contributed by atoms with Crippen molar-refractivity contribution in [2.24, 2.45) is 7.05 Å². The van der Waals surface area contributed by atoms with Gasteiger partial charge in [0.15, 0.2) is 0 Å². The average molecular weight is 387 g/mol. The molecule has 1 fully saturated rings. The van der Waals surface area contributed by atoms with Gasteiger partial charge in [0.05, 0.1) is 17.4 Å². The summed E-state index contributed by atoms with van der Waals surface area (Å²) in [6.45, 7) is 5.58. The summed E-state index contributed by atoms with van der Waals surface area (Å²) in [5, 5.41) is 5.33. The van der Waals surface area contributed by atoms with E-state index in [1.54, 1.807) is 10.5 Å². The van der Waals surface area contributed by atoms with Gasteiger partial charge in [0.25, 0.3) is 5.56 Å². The Labute approximate surface area is 169 Å². The molecule has 0 spiro atoms. The zero-order valence-corrected chi connectivity index (χ0v) is 16.9. The van der Waals surface area contributed by atoms with Crippen LogP contribution in [0, 0.1) is 0 Å². The Bertz CT molecular complexity index is 1250. The molecule has 1 aliphatic heterocycles. The maximum atomic E-state index is 12.9. The molecule has 0 aliphatic carbocycles. The largest absolute Gasteiger partial charge is 0.304 e. The number of aromatic nitrogens is 4. The Morgan fingerprint density at radius 3 is 2.72 bits per heavy atom. The molecule has 0 saturated carbocycles. The molecule has 0 unspecified atom stereocenters. The maximum Gasteiger partial charge on any atom is 0.258 e. The summed E-state index contributed by atoms with van der Waals surface area (Å²) in [6, 6.07) is 11.8. The van der Waals surface area contributed by atoms with Crippen LogP contribution in [0.3, 0.4) is 0 Å². The van der Waals surface area contributed by atoms with Gasteiger partial charge in [-0.15, -0.1) is 0 Å². The Hall–Kier alpha value is -2.99. The highest BCUT2D eigenvalue weighted by Crippen LogP contribution is 2.28. The predicted molar refractivity (Wildman–Crippen MR) is 115 cm³/mol. The second kappa shape index (κ2) is 7.12. The van der Waals surface area contributed by atoms with Crippen molar-refractivity contribution in [3.8, 4) is 11.3 Å². The van der Waals surface area contributed by atoms with Crippen LogP contribution in [0.1, 0.15) is 31.2 Å². The first kappa shape index (κ1) is 18.1. The van der Waals surface area contributed by atoms with Gasteiger partial charge in [0, 0.05) is 30.3 Å². The number of piperidine rings is 1. The first-order chi connectivity index (χ1) is 14.1. The third kappa shape index (κ3) is 3.23. The van der Waals surface area contributed by atoms with Crippen molar-refractivity contribution in [2.75, 3.05) is 19.6 Å². The van der Waals surface area contributed by atoms with Gasteiger partial charge in [-0.1, -0.05) is 19.1 Å². The molecule has 0 amide bonds. The van der Waals surface area contributed by atoms with Gasteiger partial charge in [-0.05, 0) is 62.2 Å². The molecular formula is C23H25N5O. The van der Waals surface area contributed by atoms with Crippen LogP contribution in [-0.2, 0) is 7.05 Å². The molecule has 4 aromatic rings. The van der Waals surface area contributed by atoms with E-state index in [-0.39, 0.29) is 5.56 Å². The first-order valence-electron chi connectivity index (χ1n) is 10.3. The van der Waals surface area contributed by atoms with Crippen LogP contribution < -0.4 is 5.56 Å². The number of pyridine rings is 1. The van der Waals surface area contributed by atoms with E-state index in [0.29, 0.717) is 17.3 Å². The highest BCUT2D eigenvalue weighted by atomic mass is 16.1. The fourth-order valence-corrected chi connectivity index (χ4v) is 4.41. The fraction of sp³-hybridized carbons (Fsp3) is 0.348. The summed E-state index contributed by atoms with van der Waals surface area (Å²) < 4.78 is 3.53. The van der Waals surface area contributed by atoms with Crippen molar-refractivity contribution in [1.82, 2.24) is 24.1 Å². The SMILES string of the molecule is CCN1CCC(c2ccc3nc(-c4ccc5c(cnn5C)c4)cc(=O)n3c2)CC1. The lowest BCUT2D eigenvalue weighted by molar-refractivity contribution is 0.222. The Balaban J connectivity index is 1.50. The molecule has 1 aromatic carbocycles. The van der Waals surface area contributed by atoms with E-state index in [2.05, 4.69) is 23.0 Å². The molecule has 0 radical (unpaired) electrons. The minimum atomic E-state index is -0.0378. The summed E-state index contributed by atoms with van der Waals surface area (Å²) in [4.78, 5) is 20.1. The van der Waals surface area contributed by atoms with Crippen LogP contribution in [0.4, 0.5) is 0 Å². The number of likely N-dealkylation sites (tertiary alicyclic amines) is 1. The lowest BCUT2D eigenvalue weighted by Gasteiger charge is -2.31. The quantitative estimate of drug-likeness (QED) is 0.540. The summed E-state index contributed by atoms with van der Waals surface area (Å²) in [6.07, 6.45) is 6.11. The number of nitrogens with zero attached hydrogens (tertiary/aromatic N) is 5. The highest BCUT2D eigenvalue weighted by molar-refractivity contribution is 5.84. The molecule has 29 heavy (non-hydrogen) atoms. The van der Waals surface area contributed by atoms with Crippen molar-refractivity contribution in [2.45, 2.75) is 25.7 Å². The number of hydrogen-bond acceptors (Lipinski definition) is 4. The number of fused-ring (bicyclic) bond motifs is 2. The van der Waals surface area contributed by atoms with Crippen LogP contribution in [-0.4, -0.2) is 43.7 Å². The predicted octanol–water partition coefficient (Wildman–Crippen LogP) is 3.45. The zero-order chi connectivity index (χ0) is 20.0. The molecule has 148 valence electrons. The minimum Gasteiger partial charge on any atom is -0.304 e. The van der Waals surface area contributed by atoms with Crippen molar-refractivity contribution < 1.29 is 0 Å². The van der Waals surface area contributed by atoms with Gasteiger partial charge in [-0.2, -0.15) is 5.10 Å². The molecular weight excluding hydrogens is 362 g/mol. The third-order valence-corrected chi connectivity index (χ3v) is 6.23. The number of aryl methyl sites for hydroxylation is 1. The van der Waals surface area contributed by atoms with Gasteiger partial charge in [-0.3, -0.25) is 13.9 Å². The third-order valence-electron chi connectivity index (χ3n) is 6.23. The first-order valence-corrected chi connectivity index (χ1v) is 10.3. The van der Waals surface area contributed by atoms with Gasteiger partial charge in [0.1, 0.15) is 5.65 Å². The van der Waals surface area contributed by atoms with Gasteiger partial charge in [0.2, 0.25) is 0 Å². The topological polar surface area (TPSA) is 55.4 Å². The van der Waals surface area contributed by atoms with Crippen molar-refractivity contribution in [1.29, 1.82) is 0 Å². The highest BCUT2D eigenvalue weighted by Gasteiger charge is 2.20. The van der Waals surface area contributed by atoms with Crippen molar-refractivity contribution >= 4 is 16.6 Å². The van der Waals surface area contributed by atoms with Gasteiger partial charge >= 0.3 is 0 Å². The molecule has 1 saturated heterocycles. The molecule has 5 rings (SSSR count). The summed E-state index contributed by atoms with van der Waals surface area (Å²) in [7, 11) is 1.92. The molecule has 6 nitrogen and oxygen atoms in total. The number of rotatable bonds is 3. The normalized spacial score (nSPS) is 16.1. The molecule has 4 heterocycles. The Morgan fingerprint density at radius 2 is 1.93 bits per heavy atom. The van der Waals surface area contributed by atoms with Gasteiger partial charge < -0.3 is 4.90 Å². The van der Waals surface area contributed by atoms with E-state index in [9.17, 15) is 4.79 Å². The van der Waals surface area contributed by atoms with Crippen LogP contribution in [0.5, 0.6) is 0 Å². The second-order valence-electron chi connectivity index (χ2n) is 7.92. The molecule has 6 heteroatoms. The van der Waals surface area contributed by atoms with Crippen LogP contribution in [0.2, 0.25) is 0 Å². The molecule has 1 aliphatic rings. The van der Waals surface area contributed by atoms with Crippen LogP contribution in [0.25, 0.3) is 27.8 Å². The van der Waals surface area contributed by atoms with E-state index in [1.807, 2.05) is 48.4 Å².